The van der Waals surface area contributed by atoms with E-state index < -0.39 is 0 Å². The average Bonchev–Trinajstić information content (AvgIpc) is 2.80. The fourth-order valence-electron chi connectivity index (χ4n) is 2.27. The molecule has 1 heterocycles. The van der Waals surface area contributed by atoms with Crippen molar-refractivity contribution in [1.29, 1.82) is 0 Å². The number of ether oxygens (including phenoxy) is 2. The molecule has 0 saturated carbocycles. The minimum absolute atomic E-state index is 0.0480. The van der Waals surface area contributed by atoms with E-state index in [2.05, 4.69) is 5.32 Å². The molecule has 0 fully saturated rings. The lowest BCUT2D eigenvalue weighted by atomic mass is 10.1. The highest BCUT2D eigenvalue weighted by Gasteiger charge is 2.24. The number of benzene rings is 2. The first kappa shape index (κ1) is 13.4. The van der Waals surface area contributed by atoms with Crippen LogP contribution in [-0.2, 0) is 0 Å². The topological polar surface area (TPSA) is 30.5 Å². The van der Waals surface area contributed by atoms with Gasteiger partial charge in [0.2, 0.25) is 0 Å². The summed E-state index contributed by atoms with van der Waals surface area (Å²) < 4.78 is 10.9. The molecule has 104 valence electrons. The van der Waals surface area contributed by atoms with Gasteiger partial charge in [-0.25, -0.2) is 0 Å². The number of nitrogens with one attached hydrogen (secondary N) is 1. The van der Waals surface area contributed by atoms with Gasteiger partial charge in [-0.15, -0.1) is 0 Å². The maximum absolute atomic E-state index is 6.07. The smallest absolute Gasteiger partial charge is 0.124 e. The third-order valence-electron chi connectivity index (χ3n) is 3.20. The normalized spacial score (nSPS) is 16.4. The Morgan fingerprint density at radius 2 is 2.00 bits per heavy atom. The molecule has 0 spiro atoms. The van der Waals surface area contributed by atoms with E-state index in [0.717, 1.165) is 17.0 Å². The highest BCUT2D eigenvalue weighted by atomic mass is 35.5. The first-order chi connectivity index (χ1) is 9.65. The zero-order valence-corrected chi connectivity index (χ0v) is 12.3. The van der Waals surface area contributed by atoms with Gasteiger partial charge in [-0.05, 0) is 30.3 Å². The molecule has 0 radical (unpaired) electrons. The summed E-state index contributed by atoms with van der Waals surface area (Å²) in [5.41, 5.74) is 1.94. The third kappa shape index (κ3) is 2.65. The second-order valence-electron chi connectivity index (χ2n) is 4.57. The molecule has 0 aliphatic carbocycles. The summed E-state index contributed by atoms with van der Waals surface area (Å²) in [4.78, 5) is 0. The highest BCUT2D eigenvalue weighted by Crippen LogP contribution is 2.37. The molecule has 2 aromatic carbocycles. The second kappa shape index (κ2) is 5.43. The van der Waals surface area contributed by atoms with E-state index >= 15 is 0 Å². The lowest BCUT2D eigenvalue weighted by Crippen LogP contribution is -2.12. The fraction of sp³-hybridized carbons (Fsp3) is 0.200. The van der Waals surface area contributed by atoms with Crippen LogP contribution in [0.4, 0.5) is 5.69 Å². The van der Waals surface area contributed by atoms with Crippen molar-refractivity contribution in [3.8, 4) is 11.5 Å². The Bertz CT molecular complexity index is 646. The Labute approximate surface area is 127 Å². The Kier molecular flexibility index (Phi) is 3.64. The van der Waals surface area contributed by atoms with Crippen LogP contribution in [0.3, 0.4) is 0 Å². The van der Waals surface area contributed by atoms with E-state index in [0.29, 0.717) is 22.4 Å². The second-order valence-corrected chi connectivity index (χ2v) is 5.44. The molecule has 0 aromatic heterocycles. The molecule has 2 aromatic rings. The standard InChI is InChI=1S/C15H13Cl2NO2/c1-19-12-5-10(17)4-11(7-12)18-14-8-20-15-3-2-9(16)6-13(14)15/h2-7,14,18H,8H2,1H3. The largest absolute Gasteiger partial charge is 0.497 e. The van der Waals surface area contributed by atoms with Crippen molar-refractivity contribution >= 4 is 28.9 Å². The average molecular weight is 310 g/mol. The van der Waals surface area contributed by atoms with Crippen LogP contribution >= 0.6 is 23.2 Å². The number of rotatable bonds is 3. The minimum atomic E-state index is 0.0480. The van der Waals surface area contributed by atoms with E-state index in [1.165, 1.54) is 0 Å². The van der Waals surface area contributed by atoms with Crippen molar-refractivity contribution in [2.45, 2.75) is 6.04 Å². The molecule has 20 heavy (non-hydrogen) atoms. The summed E-state index contributed by atoms with van der Waals surface area (Å²) in [5, 5.41) is 4.71. The number of hydrogen-bond donors (Lipinski definition) is 1. The maximum Gasteiger partial charge on any atom is 0.124 e. The van der Waals surface area contributed by atoms with Gasteiger partial charge in [0.1, 0.15) is 18.1 Å². The molecule has 3 nitrogen and oxygen atoms in total. The molecule has 1 aliphatic heterocycles. The van der Waals surface area contributed by atoms with Gasteiger partial charge >= 0.3 is 0 Å². The lowest BCUT2D eigenvalue weighted by Gasteiger charge is -2.14. The first-order valence-electron chi connectivity index (χ1n) is 6.19. The van der Waals surface area contributed by atoms with Crippen LogP contribution in [0.1, 0.15) is 11.6 Å². The number of anilines is 1. The number of halogens is 2. The Morgan fingerprint density at radius 3 is 2.80 bits per heavy atom. The first-order valence-corrected chi connectivity index (χ1v) is 6.94. The third-order valence-corrected chi connectivity index (χ3v) is 3.65. The van der Waals surface area contributed by atoms with Crippen molar-refractivity contribution < 1.29 is 9.47 Å². The zero-order valence-electron chi connectivity index (χ0n) is 10.8. The summed E-state index contributed by atoms with van der Waals surface area (Å²) in [6, 6.07) is 11.2. The predicted molar refractivity (Wildman–Crippen MR) is 81.3 cm³/mol. The van der Waals surface area contributed by atoms with Crippen LogP contribution in [0.5, 0.6) is 11.5 Å². The predicted octanol–water partition coefficient (Wildman–Crippen LogP) is 4.55. The van der Waals surface area contributed by atoms with Crippen molar-refractivity contribution in [3.05, 3.63) is 52.0 Å². The number of methoxy groups -OCH3 is 1. The van der Waals surface area contributed by atoms with Gasteiger partial charge in [0.25, 0.3) is 0 Å². The summed E-state index contributed by atoms with van der Waals surface area (Å²) >= 11 is 12.1. The van der Waals surface area contributed by atoms with E-state index in [1.54, 1.807) is 13.2 Å². The van der Waals surface area contributed by atoms with Gasteiger partial charge in [0, 0.05) is 27.4 Å². The van der Waals surface area contributed by atoms with Crippen LogP contribution in [0, 0.1) is 0 Å². The zero-order chi connectivity index (χ0) is 14.1. The highest BCUT2D eigenvalue weighted by molar-refractivity contribution is 6.31. The van der Waals surface area contributed by atoms with E-state index in [-0.39, 0.29) is 6.04 Å². The van der Waals surface area contributed by atoms with Gasteiger partial charge in [-0.1, -0.05) is 23.2 Å². The summed E-state index contributed by atoms with van der Waals surface area (Å²) in [6.45, 7) is 0.560. The van der Waals surface area contributed by atoms with Crippen molar-refractivity contribution in [1.82, 2.24) is 0 Å². The quantitative estimate of drug-likeness (QED) is 0.902. The maximum atomic E-state index is 6.07. The molecule has 0 amide bonds. The number of fused-ring (bicyclic) bond motifs is 1. The van der Waals surface area contributed by atoms with Gasteiger partial charge in [-0.2, -0.15) is 0 Å². The molecule has 5 heteroatoms. The van der Waals surface area contributed by atoms with Crippen molar-refractivity contribution in [3.63, 3.8) is 0 Å². The Balaban J connectivity index is 1.87. The van der Waals surface area contributed by atoms with E-state index in [1.807, 2.05) is 30.3 Å². The van der Waals surface area contributed by atoms with Gasteiger partial charge in [0.15, 0.2) is 0 Å². The Hall–Kier alpha value is -1.58. The summed E-state index contributed by atoms with van der Waals surface area (Å²) in [6.07, 6.45) is 0. The molecular formula is C15H13Cl2NO2. The van der Waals surface area contributed by atoms with E-state index in [4.69, 9.17) is 32.7 Å². The van der Waals surface area contributed by atoms with Crippen LogP contribution < -0.4 is 14.8 Å². The molecule has 0 saturated heterocycles. The molecule has 1 atom stereocenters. The van der Waals surface area contributed by atoms with Crippen molar-refractivity contribution in [2.24, 2.45) is 0 Å². The molecule has 1 N–H and O–H groups in total. The minimum Gasteiger partial charge on any atom is -0.497 e. The van der Waals surface area contributed by atoms with Gasteiger partial charge in [0.05, 0.1) is 13.2 Å². The lowest BCUT2D eigenvalue weighted by molar-refractivity contribution is 0.340. The molecule has 0 bridgehead atoms. The van der Waals surface area contributed by atoms with Gasteiger partial charge < -0.3 is 14.8 Å². The molecule has 1 aliphatic rings. The molecular weight excluding hydrogens is 297 g/mol. The van der Waals surface area contributed by atoms with Crippen LogP contribution in [0.15, 0.2) is 36.4 Å². The molecule has 1 unspecified atom stereocenters. The van der Waals surface area contributed by atoms with E-state index in [9.17, 15) is 0 Å². The van der Waals surface area contributed by atoms with Crippen molar-refractivity contribution in [2.75, 3.05) is 19.0 Å². The van der Waals surface area contributed by atoms with Crippen LogP contribution in [-0.4, -0.2) is 13.7 Å². The van der Waals surface area contributed by atoms with Gasteiger partial charge in [-0.3, -0.25) is 0 Å². The Morgan fingerprint density at radius 1 is 1.15 bits per heavy atom. The number of hydrogen-bond acceptors (Lipinski definition) is 3. The summed E-state index contributed by atoms with van der Waals surface area (Å²) in [7, 11) is 1.61. The van der Waals surface area contributed by atoms with Crippen LogP contribution in [0.2, 0.25) is 10.0 Å². The fourth-order valence-corrected chi connectivity index (χ4v) is 2.68. The van der Waals surface area contributed by atoms with Crippen LogP contribution in [0.25, 0.3) is 0 Å². The molecule has 3 rings (SSSR count). The SMILES string of the molecule is COc1cc(Cl)cc(NC2COc3ccc(Cl)cc32)c1. The summed E-state index contributed by atoms with van der Waals surface area (Å²) in [5.74, 6) is 1.58. The monoisotopic (exact) mass is 309 g/mol.